The number of carbonyl (C=O) groups is 2. The second kappa shape index (κ2) is 5.62. The van der Waals surface area contributed by atoms with E-state index in [0.717, 1.165) is 13.0 Å². The Kier molecular flexibility index (Phi) is 4.36. The number of nitrogens with one attached hydrogen (secondary N) is 1. The highest BCUT2D eigenvalue weighted by molar-refractivity contribution is 5.97. The van der Waals surface area contributed by atoms with Crippen LogP contribution in [-0.2, 0) is 9.59 Å². The maximum atomic E-state index is 12.9. The zero-order valence-corrected chi connectivity index (χ0v) is 14.2. The summed E-state index contributed by atoms with van der Waals surface area (Å²) in [5, 5.41) is 2.91. The second-order valence-electron chi connectivity index (χ2n) is 8.01. The molecule has 120 valence electrons. The van der Waals surface area contributed by atoms with Gasteiger partial charge in [-0.3, -0.25) is 9.59 Å². The SMILES string of the molecule is CCC1(CN2C(=O)C(C(C)(C)C)NC(=O)C2C)CCCC1. The maximum Gasteiger partial charge on any atom is 0.246 e. The van der Waals surface area contributed by atoms with Gasteiger partial charge in [0.25, 0.3) is 0 Å². The van der Waals surface area contributed by atoms with Crippen LogP contribution < -0.4 is 5.32 Å². The van der Waals surface area contributed by atoms with Crippen LogP contribution in [0.4, 0.5) is 0 Å². The fourth-order valence-corrected chi connectivity index (χ4v) is 3.73. The quantitative estimate of drug-likeness (QED) is 0.870. The van der Waals surface area contributed by atoms with E-state index in [1.54, 1.807) is 0 Å². The van der Waals surface area contributed by atoms with Crippen molar-refractivity contribution in [2.24, 2.45) is 10.8 Å². The van der Waals surface area contributed by atoms with E-state index in [1.807, 2.05) is 32.6 Å². The highest BCUT2D eigenvalue weighted by atomic mass is 16.2. The Bertz CT molecular complexity index is 419. The molecule has 2 atom stereocenters. The summed E-state index contributed by atoms with van der Waals surface area (Å²) in [5.74, 6) is 0.0769. The third kappa shape index (κ3) is 3.09. The number of hydrogen-bond acceptors (Lipinski definition) is 2. The molecule has 2 rings (SSSR count). The minimum Gasteiger partial charge on any atom is -0.342 e. The van der Waals surface area contributed by atoms with Crippen molar-refractivity contribution in [3.05, 3.63) is 0 Å². The molecule has 0 aromatic heterocycles. The number of carbonyl (C=O) groups excluding carboxylic acids is 2. The average Bonchev–Trinajstić information content (AvgIpc) is 2.87. The predicted molar refractivity (Wildman–Crippen MR) is 83.8 cm³/mol. The van der Waals surface area contributed by atoms with Gasteiger partial charge >= 0.3 is 0 Å². The normalized spacial score (nSPS) is 29.7. The topological polar surface area (TPSA) is 49.4 Å². The van der Waals surface area contributed by atoms with E-state index in [4.69, 9.17) is 0 Å². The molecule has 21 heavy (non-hydrogen) atoms. The van der Waals surface area contributed by atoms with E-state index >= 15 is 0 Å². The molecule has 2 amide bonds. The van der Waals surface area contributed by atoms with Gasteiger partial charge in [0.1, 0.15) is 12.1 Å². The largest absolute Gasteiger partial charge is 0.342 e. The highest BCUT2D eigenvalue weighted by Gasteiger charge is 2.46. The molecule has 1 N–H and O–H groups in total. The van der Waals surface area contributed by atoms with Gasteiger partial charge in [0.15, 0.2) is 0 Å². The smallest absolute Gasteiger partial charge is 0.246 e. The fraction of sp³-hybridized carbons (Fsp3) is 0.882. The molecule has 2 aliphatic rings. The number of nitrogens with zero attached hydrogens (tertiary/aromatic N) is 1. The minimum atomic E-state index is -0.406. The van der Waals surface area contributed by atoms with Crippen molar-refractivity contribution in [2.75, 3.05) is 6.54 Å². The van der Waals surface area contributed by atoms with Crippen LogP contribution >= 0.6 is 0 Å². The molecule has 0 aromatic carbocycles. The molecule has 4 heteroatoms. The Morgan fingerprint density at radius 2 is 1.81 bits per heavy atom. The summed E-state index contributed by atoms with van der Waals surface area (Å²) < 4.78 is 0. The van der Waals surface area contributed by atoms with Gasteiger partial charge in [-0.2, -0.15) is 0 Å². The molecule has 1 heterocycles. The molecule has 4 nitrogen and oxygen atoms in total. The van der Waals surface area contributed by atoms with Crippen LogP contribution in [0.5, 0.6) is 0 Å². The lowest BCUT2D eigenvalue weighted by Gasteiger charge is -2.45. The van der Waals surface area contributed by atoms with E-state index in [1.165, 1.54) is 25.7 Å². The molecule has 0 bridgehead atoms. The molecular formula is C17H30N2O2. The summed E-state index contributed by atoms with van der Waals surface area (Å²) in [7, 11) is 0. The van der Waals surface area contributed by atoms with Crippen LogP contribution in [0.25, 0.3) is 0 Å². The number of piperazine rings is 1. The molecule has 0 radical (unpaired) electrons. The molecule has 2 fully saturated rings. The highest BCUT2D eigenvalue weighted by Crippen LogP contribution is 2.42. The van der Waals surface area contributed by atoms with Crippen molar-refractivity contribution in [1.82, 2.24) is 10.2 Å². The molecule has 0 aromatic rings. The summed E-state index contributed by atoms with van der Waals surface area (Å²) in [4.78, 5) is 27.0. The molecule has 1 aliphatic heterocycles. The molecule has 1 saturated carbocycles. The first kappa shape index (κ1) is 16.3. The van der Waals surface area contributed by atoms with Gasteiger partial charge in [-0.05, 0) is 37.0 Å². The Hall–Kier alpha value is -1.06. The summed E-state index contributed by atoms with van der Waals surface area (Å²) >= 11 is 0. The number of amides is 2. The summed E-state index contributed by atoms with van der Waals surface area (Å²) in [6.07, 6.45) is 5.95. The van der Waals surface area contributed by atoms with Crippen molar-refractivity contribution in [2.45, 2.75) is 78.8 Å². The van der Waals surface area contributed by atoms with E-state index in [-0.39, 0.29) is 28.7 Å². The van der Waals surface area contributed by atoms with E-state index in [0.29, 0.717) is 0 Å². The second-order valence-corrected chi connectivity index (χ2v) is 8.01. The van der Waals surface area contributed by atoms with Crippen LogP contribution in [0.15, 0.2) is 0 Å². The lowest BCUT2D eigenvalue weighted by Crippen LogP contribution is -2.66. The van der Waals surface area contributed by atoms with Crippen LogP contribution in [0.1, 0.15) is 66.7 Å². The number of rotatable bonds is 3. The summed E-state index contributed by atoms with van der Waals surface area (Å²) in [6, 6.07) is -0.753. The average molecular weight is 294 g/mol. The van der Waals surface area contributed by atoms with Crippen molar-refractivity contribution < 1.29 is 9.59 Å². The van der Waals surface area contributed by atoms with Crippen molar-refractivity contribution in [3.8, 4) is 0 Å². The fourth-order valence-electron chi connectivity index (χ4n) is 3.73. The van der Waals surface area contributed by atoms with Gasteiger partial charge in [0, 0.05) is 6.54 Å². The monoisotopic (exact) mass is 294 g/mol. The minimum absolute atomic E-state index is 0.0150. The van der Waals surface area contributed by atoms with Crippen molar-refractivity contribution >= 4 is 11.8 Å². The zero-order valence-electron chi connectivity index (χ0n) is 14.2. The van der Waals surface area contributed by atoms with E-state index in [2.05, 4.69) is 12.2 Å². The summed E-state index contributed by atoms with van der Waals surface area (Å²) in [5.41, 5.74) is -0.0236. The van der Waals surface area contributed by atoms with Gasteiger partial charge in [-0.25, -0.2) is 0 Å². The van der Waals surface area contributed by atoms with Gasteiger partial charge in [-0.1, -0.05) is 40.5 Å². The molecular weight excluding hydrogens is 264 g/mol. The Labute approximate surface area is 128 Å². The van der Waals surface area contributed by atoms with E-state index in [9.17, 15) is 9.59 Å². The van der Waals surface area contributed by atoms with Crippen molar-refractivity contribution in [3.63, 3.8) is 0 Å². The van der Waals surface area contributed by atoms with Gasteiger partial charge in [0.05, 0.1) is 0 Å². The lowest BCUT2D eigenvalue weighted by molar-refractivity contribution is -0.153. The van der Waals surface area contributed by atoms with Gasteiger partial charge in [0.2, 0.25) is 11.8 Å². The first-order valence-corrected chi connectivity index (χ1v) is 8.31. The van der Waals surface area contributed by atoms with Crippen LogP contribution in [0.3, 0.4) is 0 Å². The molecule has 0 spiro atoms. The standard InChI is InChI=1S/C17H30N2O2/c1-6-17(9-7-8-10-17)11-19-12(2)14(20)18-13(15(19)21)16(3,4)5/h12-13H,6-11H2,1-5H3,(H,18,20). The molecule has 1 saturated heterocycles. The van der Waals surface area contributed by atoms with Gasteiger partial charge < -0.3 is 10.2 Å². The Balaban J connectivity index is 2.23. The summed E-state index contributed by atoms with van der Waals surface area (Å²) in [6.45, 7) is 10.8. The maximum absolute atomic E-state index is 12.9. The third-order valence-electron chi connectivity index (χ3n) is 5.45. The van der Waals surface area contributed by atoms with Crippen molar-refractivity contribution in [1.29, 1.82) is 0 Å². The first-order chi connectivity index (χ1) is 9.70. The zero-order chi connectivity index (χ0) is 15.8. The van der Waals surface area contributed by atoms with E-state index < -0.39 is 6.04 Å². The third-order valence-corrected chi connectivity index (χ3v) is 5.45. The lowest BCUT2D eigenvalue weighted by atomic mass is 9.80. The first-order valence-electron chi connectivity index (χ1n) is 8.31. The van der Waals surface area contributed by atoms with Crippen LogP contribution in [0.2, 0.25) is 0 Å². The molecule has 2 unspecified atom stereocenters. The number of hydrogen-bond donors (Lipinski definition) is 1. The molecule has 1 aliphatic carbocycles. The van der Waals surface area contributed by atoms with Crippen LogP contribution in [-0.4, -0.2) is 35.3 Å². The predicted octanol–water partition coefficient (Wildman–Crippen LogP) is 2.72. The van der Waals surface area contributed by atoms with Crippen LogP contribution in [0, 0.1) is 10.8 Å². The Morgan fingerprint density at radius 3 is 2.29 bits per heavy atom. The van der Waals surface area contributed by atoms with Gasteiger partial charge in [-0.15, -0.1) is 0 Å². The Morgan fingerprint density at radius 1 is 1.24 bits per heavy atom.